The molecule has 0 spiro atoms. The van der Waals surface area contributed by atoms with Crippen LogP contribution in [-0.2, 0) is 6.42 Å². The maximum absolute atomic E-state index is 12.9. The molecule has 2 aliphatic rings. The molecule has 1 aromatic heterocycles. The molecule has 5 rings (SSSR count). The monoisotopic (exact) mass is 516 g/mol. The van der Waals surface area contributed by atoms with Crippen LogP contribution in [0.15, 0.2) is 42.6 Å². The zero-order valence-electron chi connectivity index (χ0n) is 21.2. The van der Waals surface area contributed by atoms with Gasteiger partial charge in [0.1, 0.15) is 16.8 Å². The molecule has 1 atom stereocenters. The van der Waals surface area contributed by atoms with Crippen molar-refractivity contribution in [1.82, 2.24) is 15.2 Å². The Kier molecular flexibility index (Phi) is 7.45. The summed E-state index contributed by atoms with van der Waals surface area (Å²) in [5, 5.41) is 23.1. The van der Waals surface area contributed by atoms with E-state index in [1.807, 2.05) is 43.1 Å². The molecule has 0 radical (unpaired) electrons. The van der Waals surface area contributed by atoms with Crippen LogP contribution in [0.2, 0.25) is 0 Å². The molecule has 1 saturated heterocycles. The highest BCUT2D eigenvalue weighted by Gasteiger charge is 2.29. The van der Waals surface area contributed by atoms with Crippen molar-refractivity contribution in [1.29, 1.82) is 5.26 Å². The highest BCUT2D eigenvalue weighted by atomic mass is 32.1. The summed E-state index contributed by atoms with van der Waals surface area (Å²) in [5.41, 5.74) is 4.99. The molecule has 7 nitrogen and oxygen atoms in total. The second-order valence-electron chi connectivity index (χ2n) is 10.0. The van der Waals surface area contributed by atoms with Crippen LogP contribution in [0.3, 0.4) is 0 Å². The van der Waals surface area contributed by atoms with Crippen LogP contribution in [0.25, 0.3) is 21.0 Å². The van der Waals surface area contributed by atoms with E-state index in [-0.39, 0.29) is 24.8 Å². The molecule has 0 saturated carbocycles. The largest absolute Gasteiger partial charge is 0.490 e. The SMILES string of the molecule is CC(C)Oc1ccc(-c2ncc(-c3cccc4c3CC[C@@H]4NC(=O)N3CCC(CO)CC3)s2)cc1C#N. The Bertz CT molecular complexity index is 1320. The molecule has 2 aromatic carbocycles. The van der Waals surface area contributed by atoms with Crippen molar-refractivity contribution < 1.29 is 14.6 Å². The maximum atomic E-state index is 12.9. The molecule has 0 bridgehead atoms. The average molecular weight is 517 g/mol. The summed E-state index contributed by atoms with van der Waals surface area (Å²) in [6.07, 6.45) is 5.38. The summed E-state index contributed by atoms with van der Waals surface area (Å²) in [6, 6.07) is 14.1. The van der Waals surface area contributed by atoms with Gasteiger partial charge in [-0.1, -0.05) is 18.2 Å². The van der Waals surface area contributed by atoms with Gasteiger partial charge in [-0.25, -0.2) is 9.78 Å². The third-order valence-corrected chi connectivity index (χ3v) is 8.29. The third-order valence-electron chi connectivity index (χ3n) is 7.21. The Morgan fingerprint density at radius 3 is 2.81 bits per heavy atom. The van der Waals surface area contributed by atoms with Gasteiger partial charge in [-0.05, 0) is 80.3 Å². The fraction of sp³-hybridized carbons (Fsp3) is 0.414. The molecule has 1 aliphatic carbocycles. The Morgan fingerprint density at radius 1 is 1.27 bits per heavy atom. The Morgan fingerprint density at radius 2 is 2.08 bits per heavy atom. The summed E-state index contributed by atoms with van der Waals surface area (Å²) in [4.78, 5) is 20.5. The predicted molar refractivity (Wildman–Crippen MR) is 144 cm³/mol. The molecule has 37 heavy (non-hydrogen) atoms. The van der Waals surface area contributed by atoms with Gasteiger partial charge in [0.05, 0.1) is 22.6 Å². The first-order valence-corrected chi connectivity index (χ1v) is 13.7. The molecule has 1 aliphatic heterocycles. The zero-order valence-corrected chi connectivity index (χ0v) is 22.1. The topological polar surface area (TPSA) is 98.5 Å². The van der Waals surface area contributed by atoms with Crippen LogP contribution >= 0.6 is 11.3 Å². The van der Waals surface area contributed by atoms with E-state index in [9.17, 15) is 15.2 Å². The number of aliphatic hydroxyl groups excluding tert-OH is 1. The van der Waals surface area contributed by atoms with Gasteiger partial charge in [-0.15, -0.1) is 11.3 Å². The molecule has 1 fully saturated rings. The molecule has 0 unspecified atom stereocenters. The minimum atomic E-state index is -0.0158. The molecule has 8 heteroatoms. The quantitative estimate of drug-likeness (QED) is 0.448. The van der Waals surface area contributed by atoms with E-state index in [4.69, 9.17) is 4.74 Å². The van der Waals surface area contributed by atoms with Crippen molar-refractivity contribution in [3.05, 3.63) is 59.3 Å². The fourth-order valence-corrected chi connectivity index (χ4v) is 6.20. The molecule has 2 heterocycles. The van der Waals surface area contributed by atoms with Crippen molar-refractivity contribution in [2.75, 3.05) is 19.7 Å². The number of benzene rings is 2. The van der Waals surface area contributed by atoms with E-state index >= 15 is 0 Å². The van der Waals surface area contributed by atoms with E-state index in [2.05, 4.69) is 34.6 Å². The van der Waals surface area contributed by atoms with Gasteiger partial charge >= 0.3 is 6.03 Å². The lowest BCUT2D eigenvalue weighted by molar-refractivity contribution is 0.135. The van der Waals surface area contributed by atoms with E-state index < -0.39 is 0 Å². The number of aromatic nitrogens is 1. The van der Waals surface area contributed by atoms with Gasteiger partial charge in [0.25, 0.3) is 0 Å². The Labute approximate surface area is 221 Å². The lowest BCUT2D eigenvalue weighted by Gasteiger charge is -2.32. The number of aliphatic hydroxyl groups is 1. The first-order valence-electron chi connectivity index (χ1n) is 12.9. The Balaban J connectivity index is 1.33. The number of hydrogen-bond donors (Lipinski definition) is 2. The highest BCUT2D eigenvalue weighted by Crippen LogP contribution is 2.41. The smallest absolute Gasteiger partial charge is 0.317 e. The third kappa shape index (κ3) is 5.34. The van der Waals surface area contributed by atoms with Crippen LogP contribution in [0.1, 0.15) is 55.8 Å². The van der Waals surface area contributed by atoms with Gasteiger partial charge in [0, 0.05) is 31.5 Å². The van der Waals surface area contributed by atoms with Crippen LogP contribution in [-0.4, -0.2) is 46.8 Å². The fourth-order valence-electron chi connectivity index (χ4n) is 5.23. The Hall–Kier alpha value is -3.41. The first-order chi connectivity index (χ1) is 18.0. The number of hydrogen-bond acceptors (Lipinski definition) is 6. The van der Waals surface area contributed by atoms with Crippen molar-refractivity contribution in [2.45, 2.75) is 51.7 Å². The lowest BCUT2D eigenvalue weighted by atomic mass is 9.98. The lowest BCUT2D eigenvalue weighted by Crippen LogP contribution is -2.45. The van der Waals surface area contributed by atoms with Gasteiger partial charge in [-0.3, -0.25) is 0 Å². The van der Waals surface area contributed by atoms with Crippen LogP contribution in [0, 0.1) is 17.2 Å². The summed E-state index contributed by atoms with van der Waals surface area (Å²) in [7, 11) is 0. The molecule has 2 amide bonds. The number of fused-ring (bicyclic) bond motifs is 1. The number of likely N-dealkylation sites (tertiary alicyclic amines) is 1. The number of ether oxygens (including phenoxy) is 1. The number of nitrogens with one attached hydrogen (secondary N) is 1. The number of amides is 2. The zero-order chi connectivity index (χ0) is 25.9. The van der Waals surface area contributed by atoms with Crippen LogP contribution in [0.4, 0.5) is 4.79 Å². The number of rotatable bonds is 6. The average Bonchev–Trinajstić information content (AvgIpc) is 3.56. The number of urea groups is 1. The second kappa shape index (κ2) is 10.9. The van der Waals surface area contributed by atoms with Crippen molar-refractivity contribution in [2.24, 2.45) is 5.92 Å². The molecular formula is C29H32N4O3S. The normalized spacial score (nSPS) is 17.5. The number of nitriles is 1. The molecule has 2 N–H and O–H groups in total. The van der Waals surface area contributed by atoms with Gasteiger partial charge < -0.3 is 20.1 Å². The number of piperidine rings is 1. The first kappa shape index (κ1) is 25.2. The van der Waals surface area contributed by atoms with E-state index in [0.29, 0.717) is 30.3 Å². The second-order valence-corrected chi connectivity index (χ2v) is 11.1. The van der Waals surface area contributed by atoms with Gasteiger partial charge in [-0.2, -0.15) is 5.26 Å². The van der Waals surface area contributed by atoms with Crippen molar-refractivity contribution in [3.8, 4) is 32.8 Å². The summed E-state index contributed by atoms with van der Waals surface area (Å²) < 4.78 is 5.76. The van der Waals surface area contributed by atoms with E-state index in [0.717, 1.165) is 46.7 Å². The van der Waals surface area contributed by atoms with E-state index in [1.165, 1.54) is 11.1 Å². The van der Waals surface area contributed by atoms with E-state index in [1.54, 1.807) is 11.3 Å². The van der Waals surface area contributed by atoms with Gasteiger partial charge in [0.15, 0.2) is 0 Å². The maximum Gasteiger partial charge on any atom is 0.317 e. The predicted octanol–water partition coefficient (Wildman–Crippen LogP) is 5.54. The van der Waals surface area contributed by atoms with Crippen LogP contribution < -0.4 is 10.1 Å². The molecule has 192 valence electrons. The minimum Gasteiger partial charge on any atom is -0.490 e. The summed E-state index contributed by atoms with van der Waals surface area (Å²) >= 11 is 1.61. The minimum absolute atomic E-state index is 0.00269. The standard InChI is InChI=1S/C29H32N4O3S/c1-18(2)36-26-9-6-20(14-21(26)15-30)28-31-16-27(37-28)24-5-3-4-23-22(24)7-8-25(23)32-29(35)33-12-10-19(17-34)11-13-33/h3-6,9,14,16,18-19,25,34H,7-8,10-13,17H2,1-2H3,(H,32,35)/t25-/m0/s1. The van der Waals surface area contributed by atoms with Crippen molar-refractivity contribution in [3.63, 3.8) is 0 Å². The van der Waals surface area contributed by atoms with Crippen LogP contribution in [0.5, 0.6) is 5.75 Å². The molecular weight excluding hydrogens is 484 g/mol. The van der Waals surface area contributed by atoms with Gasteiger partial charge in [0.2, 0.25) is 0 Å². The number of carbonyl (C=O) groups is 1. The number of carbonyl (C=O) groups excluding carboxylic acids is 1. The summed E-state index contributed by atoms with van der Waals surface area (Å²) in [6.45, 7) is 5.47. The number of nitrogens with zero attached hydrogens (tertiary/aromatic N) is 3. The van der Waals surface area contributed by atoms with Crippen molar-refractivity contribution >= 4 is 17.4 Å². The highest BCUT2D eigenvalue weighted by molar-refractivity contribution is 7.18. The number of thiazole rings is 1. The summed E-state index contributed by atoms with van der Waals surface area (Å²) in [5.74, 6) is 0.894. The molecule has 3 aromatic rings.